The Kier molecular flexibility index (Phi) is 9.40. The van der Waals surface area contributed by atoms with E-state index in [-0.39, 0.29) is 11.7 Å². The van der Waals surface area contributed by atoms with E-state index < -0.39 is 11.8 Å². The van der Waals surface area contributed by atoms with Gasteiger partial charge in [0.15, 0.2) is 11.5 Å². The number of ether oxygens (including phenoxy) is 5. The lowest BCUT2D eigenvalue weighted by molar-refractivity contribution is 0.0669. The summed E-state index contributed by atoms with van der Waals surface area (Å²) in [7, 11) is 0. The molecule has 2 amide bonds. The third-order valence-electron chi connectivity index (χ3n) is 5.04. The number of carbonyl (C=O) groups is 2. The summed E-state index contributed by atoms with van der Waals surface area (Å²) >= 11 is 0. The summed E-state index contributed by atoms with van der Waals surface area (Å²) in [6.07, 6.45) is 1.96. The fraction of sp³-hybridized carbons (Fsp3) is 0.440. The van der Waals surface area contributed by atoms with Gasteiger partial charge in [0.25, 0.3) is 11.8 Å². The molecule has 9 nitrogen and oxygen atoms in total. The van der Waals surface area contributed by atoms with Crippen LogP contribution in [0.4, 0.5) is 0 Å². The fourth-order valence-electron chi connectivity index (χ4n) is 3.51. The second-order valence-electron chi connectivity index (χ2n) is 7.45. The molecule has 0 spiro atoms. The van der Waals surface area contributed by atoms with E-state index in [1.807, 2.05) is 20.8 Å². The first-order valence-electron chi connectivity index (χ1n) is 11.6. The molecule has 0 bridgehead atoms. The molecule has 0 radical (unpaired) electrons. The predicted molar refractivity (Wildman–Crippen MR) is 126 cm³/mol. The molecule has 2 aromatic carbocycles. The van der Waals surface area contributed by atoms with Crippen LogP contribution in [0.3, 0.4) is 0 Å². The van der Waals surface area contributed by atoms with E-state index in [0.29, 0.717) is 55.0 Å². The van der Waals surface area contributed by atoms with Crippen molar-refractivity contribution in [2.75, 3.05) is 33.0 Å². The molecule has 1 saturated heterocycles. The van der Waals surface area contributed by atoms with Crippen LogP contribution in [0.2, 0.25) is 0 Å². The van der Waals surface area contributed by atoms with Crippen LogP contribution in [-0.4, -0.2) is 51.0 Å². The van der Waals surface area contributed by atoms with Crippen LogP contribution in [0.5, 0.6) is 23.0 Å². The van der Waals surface area contributed by atoms with Crippen molar-refractivity contribution in [2.45, 2.75) is 39.7 Å². The highest BCUT2D eigenvalue weighted by Crippen LogP contribution is 2.39. The Bertz CT molecular complexity index is 946. The number of hydrazine groups is 1. The molecule has 9 heteroatoms. The van der Waals surface area contributed by atoms with Gasteiger partial charge in [-0.15, -0.1) is 0 Å². The Morgan fingerprint density at radius 2 is 1.53 bits per heavy atom. The molecule has 2 N–H and O–H groups in total. The minimum Gasteiger partial charge on any atom is -0.490 e. The quantitative estimate of drug-likeness (QED) is 0.482. The van der Waals surface area contributed by atoms with Gasteiger partial charge in [-0.3, -0.25) is 20.4 Å². The van der Waals surface area contributed by atoms with Gasteiger partial charge in [-0.2, -0.15) is 0 Å². The van der Waals surface area contributed by atoms with Gasteiger partial charge in [-0.1, -0.05) is 12.1 Å². The molecule has 0 saturated carbocycles. The molecule has 1 unspecified atom stereocenters. The monoisotopic (exact) mass is 472 g/mol. The molecule has 0 aliphatic carbocycles. The van der Waals surface area contributed by atoms with Gasteiger partial charge in [-0.05, 0) is 57.9 Å². The standard InChI is InChI=1S/C25H32N2O7/c1-4-30-21-14-17(15-22(31-5-2)23(21)32-6-3)24(28)26-27-25(29)19-11-7-8-12-20(19)34-16-18-10-9-13-33-18/h7-8,11-12,14-15,18H,4-6,9-10,13,16H2,1-3H3,(H,26,28)(H,27,29). The van der Waals surface area contributed by atoms with Crippen LogP contribution >= 0.6 is 0 Å². The summed E-state index contributed by atoms with van der Waals surface area (Å²) in [4.78, 5) is 25.6. The molecule has 1 aliphatic heterocycles. The number of amides is 2. The zero-order chi connectivity index (χ0) is 24.3. The van der Waals surface area contributed by atoms with E-state index in [9.17, 15) is 9.59 Å². The highest BCUT2D eigenvalue weighted by Gasteiger charge is 2.21. The summed E-state index contributed by atoms with van der Waals surface area (Å²) in [6, 6.07) is 9.95. The molecule has 34 heavy (non-hydrogen) atoms. The van der Waals surface area contributed by atoms with Gasteiger partial charge in [-0.25, -0.2) is 0 Å². The van der Waals surface area contributed by atoms with E-state index in [1.165, 1.54) is 0 Å². The normalized spacial score (nSPS) is 14.9. The Balaban J connectivity index is 1.70. The van der Waals surface area contributed by atoms with Gasteiger partial charge in [0.2, 0.25) is 5.75 Å². The minimum atomic E-state index is -0.531. The van der Waals surface area contributed by atoms with Crippen LogP contribution in [-0.2, 0) is 4.74 Å². The highest BCUT2D eigenvalue weighted by atomic mass is 16.5. The average molecular weight is 473 g/mol. The summed E-state index contributed by atoms with van der Waals surface area (Å²) in [5.41, 5.74) is 5.44. The Morgan fingerprint density at radius 3 is 2.15 bits per heavy atom. The lowest BCUT2D eigenvalue weighted by Gasteiger charge is -2.17. The molecule has 3 rings (SSSR count). The molecular weight excluding hydrogens is 440 g/mol. The van der Waals surface area contributed by atoms with Crippen LogP contribution in [0.15, 0.2) is 36.4 Å². The van der Waals surface area contributed by atoms with E-state index in [1.54, 1.807) is 36.4 Å². The average Bonchev–Trinajstić information content (AvgIpc) is 3.37. The smallest absolute Gasteiger partial charge is 0.273 e. The maximum Gasteiger partial charge on any atom is 0.273 e. The lowest BCUT2D eigenvalue weighted by Crippen LogP contribution is -2.41. The molecule has 0 aromatic heterocycles. The number of carbonyl (C=O) groups excluding carboxylic acids is 2. The number of nitrogens with one attached hydrogen (secondary N) is 2. The van der Waals surface area contributed by atoms with Crippen molar-refractivity contribution < 1.29 is 33.3 Å². The number of para-hydroxylation sites is 1. The van der Waals surface area contributed by atoms with Crippen molar-refractivity contribution in [1.29, 1.82) is 0 Å². The van der Waals surface area contributed by atoms with Crippen molar-refractivity contribution in [3.05, 3.63) is 47.5 Å². The summed E-state index contributed by atoms with van der Waals surface area (Å²) < 4.78 is 28.3. The van der Waals surface area contributed by atoms with Gasteiger partial charge < -0.3 is 23.7 Å². The van der Waals surface area contributed by atoms with Gasteiger partial charge >= 0.3 is 0 Å². The van der Waals surface area contributed by atoms with E-state index in [0.717, 1.165) is 19.4 Å². The first-order chi connectivity index (χ1) is 16.6. The zero-order valence-corrected chi connectivity index (χ0v) is 19.8. The van der Waals surface area contributed by atoms with Crippen molar-refractivity contribution in [2.24, 2.45) is 0 Å². The van der Waals surface area contributed by atoms with Crippen LogP contribution < -0.4 is 29.8 Å². The Labute approximate surface area is 199 Å². The predicted octanol–water partition coefficient (Wildman–Crippen LogP) is 3.52. The first kappa shape index (κ1) is 25.2. The maximum absolute atomic E-state index is 12.8. The molecule has 1 aliphatic rings. The second kappa shape index (κ2) is 12.7. The van der Waals surface area contributed by atoms with Crippen LogP contribution in [0.1, 0.15) is 54.3 Å². The fourth-order valence-corrected chi connectivity index (χ4v) is 3.51. The number of hydrogen-bond acceptors (Lipinski definition) is 7. The highest BCUT2D eigenvalue weighted by molar-refractivity contribution is 6.01. The summed E-state index contributed by atoms with van der Waals surface area (Å²) in [5.74, 6) is 0.597. The van der Waals surface area contributed by atoms with E-state index in [2.05, 4.69) is 10.9 Å². The SMILES string of the molecule is CCOc1cc(C(=O)NNC(=O)c2ccccc2OCC2CCCO2)cc(OCC)c1OCC. The van der Waals surface area contributed by atoms with Gasteiger partial charge in [0.05, 0.1) is 31.5 Å². The maximum atomic E-state index is 12.8. The molecule has 184 valence electrons. The van der Waals surface area contributed by atoms with Crippen molar-refractivity contribution >= 4 is 11.8 Å². The van der Waals surface area contributed by atoms with Crippen LogP contribution in [0, 0.1) is 0 Å². The molecule has 2 aromatic rings. The van der Waals surface area contributed by atoms with E-state index in [4.69, 9.17) is 23.7 Å². The molecule has 1 fully saturated rings. The first-order valence-corrected chi connectivity index (χ1v) is 11.6. The minimum absolute atomic E-state index is 0.0227. The largest absolute Gasteiger partial charge is 0.490 e. The topological polar surface area (TPSA) is 104 Å². The van der Waals surface area contributed by atoms with Gasteiger partial charge in [0, 0.05) is 12.2 Å². The summed E-state index contributed by atoms with van der Waals surface area (Å²) in [6.45, 7) is 7.79. The van der Waals surface area contributed by atoms with Crippen molar-refractivity contribution in [3.8, 4) is 23.0 Å². The summed E-state index contributed by atoms with van der Waals surface area (Å²) in [5, 5.41) is 0. The molecule has 1 atom stereocenters. The lowest BCUT2D eigenvalue weighted by atomic mass is 10.1. The van der Waals surface area contributed by atoms with E-state index >= 15 is 0 Å². The number of hydrogen-bond donors (Lipinski definition) is 2. The van der Waals surface area contributed by atoms with Crippen molar-refractivity contribution in [3.63, 3.8) is 0 Å². The van der Waals surface area contributed by atoms with Crippen molar-refractivity contribution in [1.82, 2.24) is 10.9 Å². The molecular formula is C25H32N2O7. The third-order valence-corrected chi connectivity index (χ3v) is 5.04. The second-order valence-corrected chi connectivity index (χ2v) is 7.45. The Hall–Kier alpha value is -3.46. The Morgan fingerprint density at radius 1 is 0.882 bits per heavy atom. The van der Waals surface area contributed by atoms with Gasteiger partial charge in [0.1, 0.15) is 12.4 Å². The molecule has 1 heterocycles. The zero-order valence-electron chi connectivity index (χ0n) is 19.8. The number of benzene rings is 2. The van der Waals surface area contributed by atoms with Crippen LogP contribution in [0.25, 0.3) is 0 Å². The third kappa shape index (κ3) is 6.54. The number of rotatable bonds is 11.